The van der Waals surface area contributed by atoms with Crippen LogP contribution in [0.2, 0.25) is 0 Å². The third-order valence-corrected chi connectivity index (χ3v) is 7.30. The van der Waals surface area contributed by atoms with E-state index < -0.39 is 7.60 Å². The van der Waals surface area contributed by atoms with E-state index in [1.165, 1.54) is 7.11 Å². The highest BCUT2D eigenvalue weighted by Crippen LogP contribution is 2.44. The molecule has 0 aliphatic rings. The molecule has 0 radical (unpaired) electrons. The van der Waals surface area contributed by atoms with E-state index in [1.807, 2.05) is 83.8 Å². The first-order valence-corrected chi connectivity index (χ1v) is 13.2. The molecule has 9 heteroatoms. The van der Waals surface area contributed by atoms with E-state index >= 15 is 0 Å². The molecule has 5 rings (SSSR count). The predicted octanol–water partition coefficient (Wildman–Crippen LogP) is 5.70. The summed E-state index contributed by atoms with van der Waals surface area (Å²) in [5, 5.41) is 15.5. The second kappa shape index (κ2) is 10.1. The number of aromatic nitrogens is 3. The van der Waals surface area contributed by atoms with E-state index in [1.54, 1.807) is 6.07 Å². The molecule has 8 nitrogen and oxygen atoms in total. The van der Waals surface area contributed by atoms with Crippen molar-refractivity contribution in [3.05, 3.63) is 102 Å². The summed E-state index contributed by atoms with van der Waals surface area (Å²) in [6, 6.07) is 22.8. The highest BCUT2D eigenvalue weighted by molar-refractivity contribution is 7.51. The maximum absolute atomic E-state index is 11.9. The highest BCUT2D eigenvalue weighted by atomic mass is 31.2. The molecule has 0 amide bonds. The summed E-state index contributed by atoms with van der Waals surface area (Å²) in [6.45, 7) is 0.389. The van der Waals surface area contributed by atoms with Crippen LogP contribution in [-0.4, -0.2) is 31.9 Å². The molecular weight excluding hydrogens is 477 g/mol. The zero-order valence-corrected chi connectivity index (χ0v) is 20.6. The van der Waals surface area contributed by atoms with Crippen molar-refractivity contribution in [2.75, 3.05) is 7.11 Å². The Labute approximate surface area is 208 Å². The van der Waals surface area contributed by atoms with Crippen molar-refractivity contribution in [1.82, 2.24) is 14.8 Å². The molecular formula is C27H26N3O5P. The number of aliphatic hydroxyl groups excluding tert-OH is 1. The lowest BCUT2D eigenvalue weighted by molar-refractivity contribution is 0.278. The lowest BCUT2D eigenvalue weighted by atomic mass is 10.1. The van der Waals surface area contributed by atoms with E-state index in [0.29, 0.717) is 18.0 Å². The van der Waals surface area contributed by atoms with Crippen LogP contribution in [0, 0.1) is 0 Å². The highest BCUT2D eigenvalue weighted by Gasteiger charge is 2.18. The van der Waals surface area contributed by atoms with Crippen LogP contribution in [-0.2, 0) is 28.4 Å². The van der Waals surface area contributed by atoms with Crippen LogP contribution in [0.4, 0.5) is 0 Å². The van der Waals surface area contributed by atoms with E-state index in [0.717, 1.165) is 38.9 Å². The van der Waals surface area contributed by atoms with Crippen LogP contribution in [0.25, 0.3) is 22.2 Å². The first kappa shape index (κ1) is 24.0. The fourth-order valence-electron chi connectivity index (χ4n) is 4.19. The molecule has 0 spiro atoms. The number of aliphatic hydroxyl groups is 1. The Morgan fingerprint density at radius 2 is 1.86 bits per heavy atom. The van der Waals surface area contributed by atoms with Crippen LogP contribution in [0.15, 0.2) is 85.2 Å². The molecule has 1 unspecified atom stereocenters. The summed E-state index contributed by atoms with van der Waals surface area (Å²) < 4.78 is 24.6. The quantitative estimate of drug-likeness (QED) is 0.223. The number of hydrogen-bond acceptors (Lipinski definition) is 5. The third-order valence-electron chi connectivity index (χ3n) is 5.96. The Kier molecular flexibility index (Phi) is 6.76. The lowest BCUT2D eigenvalue weighted by Gasteiger charge is -2.11. The molecule has 5 aromatic rings. The molecule has 1 atom stereocenters. The summed E-state index contributed by atoms with van der Waals surface area (Å²) in [5.74, 6) is 1.25. The number of ether oxygens (including phenoxy) is 1. The molecule has 3 N–H and O–H groups in total. The lowest BCUT2D eigenvalue weighted by Crippen LogP contribution is -2.01. The number of benzene rings is 3. The van der Waals surface area contributed by atoms with Crippen molar-refractivity contribution in [3.8, 4) is 22.8 Å². The van der Waals surface area contributed by atoms with Crippen LogP contribution in [0.3, 0.4) is 0 Å². The Morgan fingerprint density at radius 3 is 2.69 bits per heavy atom. The first-order valence-electron chi connectivity index (χ1n) is 11.4. The van der Waals surface area contributed by atoms with Crippen molar-refractivity contribution in [2.45, 2.75) is 19.3 Å². The van der Waals surface area contributed by atoms with Crippen LogP contribution >= 0.6 is 7.60 Å². The molecule has 0 bridgehead atoms. The predicted molar refractivity (Wildman–Crippen MR) is 138 cm³/mol. The minimum Gasteiger partial charge on any atom is -0.457 e. The number of hydrogen-bond donors (Lipinski definition) is 3. The normalized spacial score (nSPS) is 13.1. The van der Waals surface area contributed by atoms with Crippen molar-refractivity contribution >= 4 is 18.5 Å². The molecule has 2 heterocycles. The second-order valence-electron chi connectivity index (χ2n) is 8.47. The van der Waals surface area contributed by atoms with Gasteiger partial charge in [0.2, 0.25) is 0 Å². The van der Waals surface area contributed by atoms with Gasteiger partial charge < -0.3 is 24.2 Å². The SMILES string of the molecule is COP(=O)(O)Cc1cccc(Cn2ccc(-c3cccc(Oc4ccc5[nH]ccc5c4CO)c3)n2)c1. The first-order chi connectivity index (χ1) is 17.4. The van der Waals surface area contributed by atoms with Gasteiger partial charge in [0, 0.05) is 41.5 Å². The van der Waals surface area contributed by atoms with E-state index in [2.05, 4.69) is 4.98 Å². The van der Waals surface area contributed by atoms with Gasteiger partial charge in [-0.3, -0.25) is 9.25 Å². The van der Waals surface area contributed by atoms with E-state index in [-0.39, 0.29) is 12.8 Å². The van der Waals surface area contributed by atoms with Gasteiger partial charge in [-0.15, -0.1) is 0 Å². The van der Waals surface area contributed by atoms with Gasteiger partial charge >= 0.3 is 7.60 Å². The average molecular weight is 503 g/mol. The molecule has 3 aromatic carbocycles. The van der Waals surface area contributed by atoms with Gasteiger partial charge in [-0.1, -0.05) is 36.4 Å². The minimum atomic E-state index is -3.63. The zero-order valence-electron chi connectivity index (χ0n) is 19.7. The minimum absolute atomic E-state index is 0.0382. The zero-order chi connectivity index (χ0) is 25.1. The number of rotatable bonds is 9. The standard InChI is InChI=1S/C27H26N3O5P/c1-34-36(32,33)18-20-5-2-4-19(14-20)16-30-13-11-25(29-30)21-6-3-7-22(15-21)35-27-9-8-26-23(10-12-28-26)24(27)17-31/h2-15,28,31H,16-18H2,1H3,(H,32,33). The number of fused-ring (bicyclic) bond motifs is 1. The Hall–Kier alpha value is -3.68. The molecule has 0 saturated carbocycles. The number of nitrogens with one attached hydrogen (secondary N) is 1. The Bertz CT molecular complexity index is 1560. The topological polar surface area (TPSA) is 110 Å². The van der Waals surface area contributed by atoms with Gasteiger partial charge in [-0.2, -0.15) is 5.10 Å². The fraction of sp³-hybridized carbons (Fsp3) is 0.148. The fourth-order valence-corrected chi connectivity index (χ4v) is 4.98. The van der Waals surface area contributed by atoms with E-state index in [9.17, 15) is 14.6 Å². The van der Waals surface area contributed by atoms with Crippen LogP contribution in [0.1, 0.15) is 16.7 Å². The van der Waals surface area contributed by atoms with Crippen molar-refractivity contribution < 1.29 is 23.8 Å². The smallest absolute Gasteiger partial charge is 0.332 e. The molecule has 0 fully saturated rings. The maximum atomic E-state index is 11.9. The maximum Gasteiger partial charge on any atom is 0.332 e. The monoisotopic (exact) mass is 503 g/mol. The third kappa shape index (κ3) is 5.27. The molecule has 0 saturated heterocycles. The molecule has 184 valence electrons. The Morgan fingerprint density at radius 1 is 1.03 bits per heavy atom. The van der Waals surface area contributed by atoms with E-state index in [4.69, 9.17) is 14.4 Å². The van der Waals surface area contributed by atoms with Crippen molar-refractivity contribution in [1.29, 1.82) is 0 Å². The van der Waals surface area contributed by atoms with Gasteiger partial charge in [0.15, 0.2) is 0 Å². The second-order valence-corrected chi connectivity index (χ2v) is 10.4. The largest absolute Gasteiger partial charge is 0.457 e. The van der Waals surface area contributed by atoms with Crippen LogP contribution in [0.5, 0.6) is 11.5 Å². The summed E-state index contributed by atoms with van der Waals surface area (Å²) >= 11 is 0. The summed E-state index contributed by atoms with van der Waals surface area (Å²) in [5.41, 5.74) is 5.06. The van der Waals surface area contributed by atoms with Gasteiger partial charge in [-0.25, -0.2) is 0 Å². The van der Waals surface area contributed by atoms with Gasteiger partial charge in [0.1, 0.15) is 11.5 Å². The van der Waals surface area contributed by atoms with Crippen molar-refractivity contribution in [3.63, 3.8) is 0 Å². The number of nitrogens with zero attached hydrogens (tertiary/aromatic N) is 2. The molecule has 0 aliphatic heterocycles. The number of H-pyrrole nitrogens is 1. The van der Waals surface area contributed by atoms with Gasteiger partial charge in [0.05, 0.1) is 25.0 Å². The molecule has 2 aromatic heterocycles. The van der Waals surface area contributed by atoms with Crippen molar-refractivity contribution in [2.24, 2.45) is 0 Å². The number of aromatic amines is 1. The average Bonchev–Trinajstić information content (AvgIpc) is 3.54. The van der Waals surface area contributed by atoms with Gasteiger partial charge in [0.25, 0.3) is 0 Å². The van der Waals surface area contributed by atoms with Gasteiger partial charge in [-0.05, 0) is 47.5 Å². The summed E-state index contributed by atoms with van der Waals surface area (Å²) in [6.07, 6.45) is 3.69. The summed E-state index contributed by atoms with van der Waals surface area (Å²) in [4.78, 5) is 12.9. The summed E-state index contributed by atoms with van der Waals surface area (Å²) in [7, 11) is -2.39. The Balaban J connectivity index is 1.33. The molecule has 36 heavy (non-hydrogen) atoms. The van der Waals surface area contributed by atoms with Crippen LogP contribution < -0.4 is 4.74 Å². The molecule has 0 aliphatic carbocycles.